The van der Waals surface area contributed by atoms with Gasteiger partial charge in [0.2, 0.25) is 5.91 Å². The minimum Gasteiger partial charge on any atom is -0.399 e. The van der Waals surface area contributed by atoms with Gasteiger partial charge in [-0.15, -0.1) is 0 Å². The molecule has 96 valence electrons. The van der Waals surface area contributed by atoms with E-state index < -0.39 is 0 Å². The highest BCUT2D eigenvalue weighted by molar-refractivity contribution is 5.79. The lowest BCUT2D eigenvalue weighted by molar-refractivity contribution is -0.125. The van der Waals surface area contributed by atoms with Crippen LogP contribution in [-0.4, -0.2) is 5.91 Å². The van der Waals surface area contributed by atoms with E-state index >= 15 is 0 Å². The van der Waals surface area contributed by atoms with Crippen LogP contribution in [0.25, 0.3) is 0 Å². The van der Waals surface area contributed by atoms with Gasteiger partial charge in [0.05, 0.1) is 6.04 Å². The molecule has 3 nitrogen and oxygen atoms in total. The van der Waals surface area contributed by atoms with Crippen molar-refractivity contribution < 1.29 is 4.79 Å². The van der Waals surface area contributed by atoms with Gasteiger partial charge in [-0.2, -0.15) is 0 Å². The molecule has 2 unspecified atom stereocenters. The van der Waals surface area contributed by atoms with E-state index in [0.29, 0.717) is 0 Å². The number of nitrogens with two attached hydrogens (primary N) is 1. The summed E-state index contributed by atoms with van der Waals surface area (Å²) >= 11 is 0. The van der Waals surface area contributed by atoms with Gasteiger partial charge in [0, 0.05) is 11.6 Å². The molecule has 3 N–H and O–H groups in total. The zero-order valence-corrected chi connectivity index (χ0v) is 10.7. The number of carbonyl (C=O) groups excluding carboxylic acids is 1. The number of anilines is 1. The number of nitrogens with one attached hydrogen (secondary N) is 1. The largest absolute Gasteiger partial charge is 0.399 e. The van der Waals surface area contributed by atoms with Crippen molar-refractivity contribution in [2.24, 2.45) is 5.92 Å². The van der Waals surface area contributed by atoms with Crippen molar-refractivity contribution in [1.82, 2.24) is 5.32 Å². The quantitative estimate of drug-likeness (QED) is 0.634. The number of hydrogen-bond donors (Lipinski definition) is 2. The fourth-order valence-electron chi connectivity index (χ4n) is 2.23. The maximum absolute atomic E-state index is 12.1. The highest BCUT2D eigenvalue weighted by Crippen LogP contribution is 2.20. The van der Waals surface area contributed by atoms with E-state index in [-0.39, 0.29) is 17.9 Å². The molecule has 1 aliphatic carbocycles. The summed E-state index contributed by atoms with van der Waals surface area (Å²) in [5.41, 5.74) is 7.48. The van der Waals surface area contributed by atoms with E-state index in [1.165, 1.54) is 0 Å². The first kappa shape index (κ1) is 12.7. The average molecular weight is 244 g/mol. The van der Waals surface area contributed by atoms with Crippen LogP contribution >= 0.6 is 0 Å². The van der Waals surface area contributed by atoms with Gasteiger partial charge in [-0.3, -0.25) is 4.79 Å². The second-order valence-corrected chi connectivity index (χ2v) is 4.88. The zero-order chi connectivity index (χ0) is 13.0. The summed E-state index contributed by atoms with van der Waals surface area (Å²) in [6.45, 7) is 2.00. The van der Waals surface area contributed by atoms with Gasteiger partial charge in [-0.25, -0.2) is 0 Å². The number of allylic oxidation sites excluding steroid dienone is 2. The van der Waals surface area contributed by atoms with Crippen LogP contribution in [0.4, 0.5) is 5.69 Å². The number of hydrogen-bond acceptors (Lipinski definition) is 2. The molecule has 1 aromatic carbocycles. The van der Waals surface area contributed by atoms with Crippen molar-refractivity contribution in [3.05, 3.63) is 42.0 Å². The third kappa shape index (κ3) is 3.13. The van der Waals surface area contributed by atoms with Crippen LogP contribution in [0.2, 0.25) is 0 Å². The van der Waals surface area contributed by atoms with Crippen LogP contribution < -0.4 is 11.1 Å². The molecule has 0 fully saturated rings. The van der Waals surface area contributed by atoms with E-state index in [9.17, 15) is 4.79 Å². The number of benzene rings is 1. The second kappa shape index (κ2) is 5.71. The topological polar surface area (TPSA) is 55.1 Å². The number of nitrogen functional groups attached to an aromatic ring is 1. The summed E-state index contributed by atoms with van der Waals surface area (Å²) < 4.78 is 0. The Bertz CT molecular complexity index is 436. The van der Waals surface area contributed by atoms with Gasteiger partial charge in [0.25, 0.3) is 0 Å². The van der Waals surface area contributed by atoms with Crippen molar-refractivity contribution in [2.75, 3.05) is 5.73 Å². The third-order valence-corrected chi connectivity index (χ3v) is 3.44. The molecule has 1 amide bonds. The molecular weight excluding hydrogens is 224 g/mol. The van der Waals surface area contributed by atoms with E-state index in [2.05, 4.69) is 17.5 Å². The van der Waals surface area contributed by atoms with Gasteiger partial charge in [0.1, 0.15) is 0 Å². The standard InChI is InChI=1S/C15H20N2O/c1-11(12-7-9-14(16)10-8-12)17-15(18)13-5-3-2-4-6-13/h2-3,7-11,13H,4-6,16H2,1H3,(H,17,18). The first-order valence-electron chi connectivity index (χ1n) is 6.47. The predicted octanol–water partition coefficient (Wildman–Crippen LogP) is 2.80. The molecule has 2 rings (SSSR count). The lowest BCUT2D eigenvalue weighted by Gasteiger charge is -2.21. The second-order valence-electron chi connectivity index (χ2n) is 4.88. The van der Waals surface area contributed by atoms with Crippen molar-refractivity contribution in [3.8, 4) is 0 Å². The molecule has 0 bridgehead atoms. The van der Waals surface area contributed by atoms with Gasteiger partial charge in [-0.1, -0.05) is 24.3 Å². The Hall–Kier alpha value is -1.77. The molecule has 2 atom stereocenters. The molecule has 0 saturated carbocycles. The Balaban J connectivity index is 1.94. The SMILES string of the molecule is CC(NC(=O)C1CC=CCC1)c1ccc(N)cc1. The fraction of sp³-hybridized carbons (Fsp3) is 0.400. The van der Waals surface area contributed by atoms with Gasteiger partial charge in [0.15, 0.2) is 0 Å². The lowest BCUT2D eigenvalue weighted by Crippen LogP contribution is -2.33. The molecule has 1 aromatic rings. The van der Waals surface area contributed by atoms with E-state index in [1.54, 1.807) is 0 Å². The highest BCUT2D eigenvalue weighted by atomic mass is 16.1. The van der Waals surface area contributed by atoms with E-state index in [4.69, 9.17) is 5.73 Å². The summed E-state index contributed by atoms with van der Waals surface area (Å²) in [6, 6.07) is 7.68. The molecule has 0 saturated heterocycles. The molecule has 0 aliphatic heterocycles. The summed E-state index contributed by atoms with van der Waals surface area (Å²) in [6.07, 6.45) is 7.07. The Morgan fingerprint density at radius 1 is 1.33 bits per heavy atom. The van der Waals surface area contributed by atoms with Crippen molar-refractivity contribution >= 4 is 11.6 Å². The number of amides is 1. The first-order valence-corrected chi connectivity index (χ1v) is 6.47. The van der Waals surface area contributed by atoms with Crippen molar-refractivity contribution in [2.45, 2.75) is 32.2 Å². The maximum Gasteiger partial charge on any atom is 0.223 e. The smallest absolute Gasteiger partial charge is 0.223 e. The molecule has 0 heterocycles. The van der Waals surface area contributed by atoms with Crippen LogP contribution in [0.3, 0.4) is 0 Å². The first-order chi connectivity index (χ1) is 8.66. The summed E-state index contributed by atoms with van der Waals surface area (Å²) in [4.78, 5) is 12.1. The Morgan fingerprint density at radius 2 is 2.06 bits per heavy atom. The zero-order valence-electron chi connectivity index (χ0n) is 10.7. The summed E-state index contributed by atoms with van der Waals surface area (Å²) in [7, 11) is 0. The van der Waals surface area contributed by atoms with Crippen LogP contribution in [0.15, 0.2) is 36.4 Å². The highest BCUT2D eigenvalue weighted by Gasteiger charge is 2.20. The predicted molar refractivity (Wildman–Crippen MR) is 73.9 cm³/mol. The molecule has 3 heteroatoms. The monoisotopic (exact) mass is 244 g/mol. The molecule has 1 aliphatic rings. The van der Waals surface area contributed by atoms with E-state index in [1.807, 2.05) is 31.2 Å². The normalized spacial score (nSPS) is 20.4. The minimum atomic E-state index is 0.0315. The lowest BCUT2D eigenvalue weighted by atomic mass is 9.93. The minimum absolute atomic E-state index is 0.0315. The van der Waals surface area contributed by atoms with Gasteiger partial charge in [-0.05, 0) is 43.9 Å². The summed E-state index contributed by atoms with van der Waals surface area (Å²) in [5.74, 6) is 0.287. The summed E-state index contributed by atoms with van der Waals surface area (Å²) in [5, 5.41) is 3.07. The molecule has 0 radical (unpaired) electrons. The van der Waals surface area contributed by atoms with Crippen LogP contribution in [0.1, 0.15) is 37.8 Å². The van der Waals surface area contributed by atoms with E-state index in [0.717, 1.165) is 30.5 Å². The van der Waals surface area contributed by atoms with Crippen LogP contribution in [0.5, 0.6) is 0 Å². The maximum atomic E-state index is 12.1. The number of rotatable bonds is 3. The Morgan fingerprint density at radius 3 is 2.67 bits per heavy atom. The third-order valence-electron chi connectivity index (χ3n) is 3.44. The van der Waals surface area contributed by atoms with Gasteiger partial charge >= 0.3 is 0 Å². The van der Waals surface area contributed by atoms with Crippen molar-refractivity contribution in [1.29, 1.82) is 0 Å². The molecular formula is C15H20N2O. The molecule has 0 aromatic heterocycles. The number of carbonyl (C=O) groups is 1. The average Bonchev–Trinajstić information content (AvgIpc) is 2.40. The Labute approximate surface area is 108 Å². The molecule has 0 spiro atoms. The van der Waals surface area contributed by atoms with Gasteiger partial charge < -0.3 is 11.1 Å². The molecule has 18 heavy (non-hydrogen) atoms. The van der Waals surface area contributed by atoms with Crippen LogP contribution in [-0.2, 0) is 4.79 Å². The van der Waals surface area contributed by atoms with Crippen molar-refractivity contribution in [3.63, 3.8) is 0 Å². The van der Waals surface area contributed by atoms with Crippen LogP contribution in [0, 0.1) is 5.92 Å². The fourth-order valence-corrected chi connectivity index (χ4v) is 2.23. The Kier molecular flexibility index (Phi) is 4.03.